The summed E-state index contributed by atoms with van der Waals surface area (Å²) >= 11 is 0. The van der Waals surface area contributed by atoms with E-state index in [4.69, 9.17) is 9.47 Å². The summed E-state index contributed by atoms with van der Waals surface area (Å²) in [5.41, 5.74) is -0.346. The number of non-ortho nitro benzene ring substituents is 2. The van der Waals surface area contributed by atoms with Gasteiger partial charge in [0, 0.05) is 24.3 Å². The molecule has 0 heterocycles. The molecule has 0 bridgehead atoms. The van der Waals surface area contributed by atoms with Gasteiger partial charge >= 0.3 is 17.9 Å². The summed E-state index contributed by atoms with van der Waals surface area (Å²) in [7, 11) is 0. The third-order valence-corrected chi connectivity index (χ3v) is 3.44. The van der Waals surface area contributed by atoms with Crippen molar-refractivity contribution in [1.29, 1.82) is 0 Å². The van der Waals surface area contributed by atoms with Crippen LogP contribution < -0.4 is 9.47 Å². The van der Waals surface area contributed by atoms with Crippen LogP contribution in [0.4, 0.5) is 11.4 Å². The Morgan fingerprint density at radius 1 is 0.667 bits per heavy atom. The van der Waals surface area contributed by atoms with Crippen LogP contribution in [-0.4, -0.2) is 34.4 Å². The minimum absolute atomic E-state index is 0.0355. The molecule has 0 aromatic heterocycles. The van der Waals surface area contributed by atoms with Crippen molar-refractivity contribution in [2.24, 2.45) is 0 Å². The smallest absolute Gasteiger partial charge is 0.349 e. The first kappa shape index (κ1) is 21.9. The molecule has 0 spiro atoms. The second-order valence-electron chi connectivity index (χ2n) is 5.61. The quantitative estimate of drug-likeness (QED) is 0.255. The number of benzene rings is 2. The summed E-state index contributed by atoms with van der Waals surface area (Å²) in [6, 6.07) is 9.51. The fourth-order valence-electron chi connectivity index (χ4n) is 2.03. The Bertz CT molecular complexity index is 876. The van der Waals surface area contributed by atoms with E-state index >= 15 is 0 Å². The van der Waals surface area contributed by atoms with Gasteiger partial charge < -0.3 is 14.2 Å². The number of nitrogens with zero attached hydrogens (tertiary/aromatic N) is 2. The van der Waals surface area contributed by atoms with Gasteiger partial charge in [-0.2, -0.15) is 0 Å². The van der Waals surface area contributed by atoms with E-state index in [1.165, 1.54) is 24.3 Å². The standard InChI is InChI=1S/C18H14N2O10/c21-16(9-10-17(22)29-14-5-1-12(2-6-14)19(24)25)28-11-18(23)30-15-7-3-13(4-8-15)20(26)27/h1-8H,9-11H2. The number of nitro groups is 2. The number of nitro benzene ring substituents is 2. The summed E-state index contributed by atoms with van der Waals surface area (Å²) in [4.78, 5) is 54.8. The van der Waals surface area contributed by atoms with Crippen LogP contribution in [-0.2, 0) is 19.1 Å². The number of hydrogen-bond acceptors (Lipinski definition) is 10. The summed E-state index contributed by atoms with van der Waals surface area (Å²) in [6.07, 6.45) is -0.705. The first-order valence-electron chi connectivity index (χ1n) is 8.30. The summed E-state index contributed by atoms with van der Waals surface area (Å²) in [6.45, 7) is -0.715. The van der Waals surface area contributed by atoms with Crippen LogP contribution >= 0.6 is 0 Å². The molecule has 12 nitrogen and oxygen atoms in total. The highest BCUT2D eigenvalue weighted by Gasteiger charge is 2.14. The number of rotatable bonds is 9. The maximum Gasteiger partial charge on any atom is 0.349 e. The molecule has 0 aliphatic heterocycles. The minimum Gasteiger partial charge on any atom is -0.454 e. The molecule has 0 saturated carbocycles. The van der Waals surface area contributed by atoms with Gasteiger partial charge in [-0.15, -0.1) is 0 Å². The van der Waals surface area contributed by atoms with Crippen LogP contribution in [0, 0.1) is 20.2 Å². The predicted molar refractivity (Wildman–Crippen MR) is 97.7 cm³/mol. The van der Waals surface area contributed by atoms with Gasteiger partial charge in [-0.1, -0.05) is 0 Å². The SMILES string of the molecule is O=C(CCC(=O)Oc1ccc([N+](=O)[O-])cc1)OCC(=O)Oc1ccc([N+](=O)[O-])cc1. The lowest BCUT2D eigenvalue weighted by Crippen LogP contribution is -2.19. The van der Waals surface area contributed by atoms with Crippen molar-refractivity contribution in [3.8, 4) is 11.5 Å². The van der Waals surface area contributed by atoms with Crippen molar-refractivity contribution in [1.82, 2.24) is 0 Å². The molecule has 156 valence electrons. The molecule has 0 amide bonds. The molecule has 0 N–H and O–H groups in total. The van der Waals surface area contributed by atoms with Crippen molar-refractivity contribution in [2.75, 3.05) is 6.61 Å². The molecule has 0 aliphatic rings. The fourth-order valence-corrected chi connectivity index (χ4v) is 2.03. The Labute approximate surface area is 168 Å². The molecule has 0 atom stereocenters. The molecule has 0 saturated heterocycles. The maximum atomic E-state index is 11.7. The Kier molecular flexibility index (Phi) is 7.51. The van der Waals surface area contributed by atoms with Crippen LogP contribution in [0.3, 0.4) is 0 Å². The normalized spacial score (nSPS) is 10.0. The number of esters is 3. The highest BCUT2D eigenvalue weighted by atomic mass is 16.6. The van der Waals surface area contributed by atoms with E-state index in [1.807, 2.05) is 0 Å². The Balaban J connectivity index is 1.69. The van der Waals surface area contributed by atoms with E-state index in [9.17, 15) is 34.6 Å². The van der Waals surface area contributed by atoms with E-state index in [1.54, 1.807) is 0 Å². The molecule has 0 fully saturated rings. The largest absolute Gasteiger partial charge is 0.454 e. The van der Waals surface area contributed by atoms with Crippen molar-refractivity contribution in [2.45, 2.75) is 12.8 Å². The van der Waals surface area contributed by atoms with Crippen molar-refractivity contribution in [3.05, 3.63) is 68.8 Å². The van der Waals surface area contributed by atoms with Crippen molar-refractivity contribution in [3.63, 3.8) is 0 Å². The molecule has 2 rings (SSSR count). The zero-order valence-corrected chi connectivity index (χ0v) is 15.2. The lowest BCUT2D eigenvalue weighted by molar-refractivity contribution is -0.385. The monoisotopic (exact) mass is 418 g/mol. The van der Waals surface area contributed by atoms with Gasteiger partial charge in [0.15, 0.2) is 6.61 Å². The van der Waals surface area contributed by atoms with Gasteiger partial charge in [0.05, 0.1) is 22.7 Å². The molecule has 30 heavy (non-hydrogen) atoms. The van der Waals surface area contributed by atoms with Gasteiger partial charge in [0.2, 0.25) is 0 Å². The highest BCUT2D eigenvalue weighted by molar-refractivity contribution is 5.81. The van der Waals surface area contributed by atoms with E-state index in [2.05, 4.69) is 4.74 Å². The third kappa shape index (κ3) is 6.99. The fraction of sp³-hybridized carbons (Fsp3) is 0.167. The van der Waals surface area contributed by atoms with E-state index in [0.717, 1.165) is 24.3 Å². The van der Waals surface area contributed by atoms with Crippen LogP contribution in [0.5, 0.6) is 11.5 Å². The summed E-state index contributed by atoms with van der Waals surface area (Å²) < 4.78 is 14.5. The summed E-state index contributed by atoms with van der Waals surface area (Å²) in [5.74, 6) is -2.42. The number of hydrogen-bond donors (Lipinski definition) is 0. The molecule has 2 aromatic rings. The van der Waals surface area contributed by atoms with Crippen LogP contribution in [0.15, 0.2) is 48.5 Å². The van der Waals surface area contributed by atoms with E-state index in [-0.39, 0.29) is 35.7 Å². The molecule has 12 heteroatoms. The third-order valence-electron chi connectivity index (χ3n) is 3.44. The van der Waals surface area contributed by atoms with Crippen LogP contribution in [0.2, 0.25) is 0 Å². The Morgan fingerprint density at radius 3 is 1.50 bits per heavy atom. The van der Waals surface area contributed by atoms with E-state index < -0.39 is 34.4 Å². The van der Waals surface area contributed by atoms with Crippen LogP contribution in [0.25, 0.3) is 0 Å². The number of carbonyl (C=O) groups excluding carboxylic acids is 3. The zero-order valence-electron chi connectivity index (χ0n) is 15.2. The molecule has 0 radical (unpaired) electrons. The van der Waals surface area contributed by atoms with Gasteiger partial charge in [0.1, 0.15) is 11.5 Å². The van der Waals surface area contributed by atoms with Crippen LogP contribution in [0.1, 0.15) is 12.8 Å². The molecule has 0 unspecified atom stereocenters. The van der Waals surface area contributed by atoms with E-state index in [0.29, 0.717) is 0 Å². The van der Waals surface area contributed by atoms with Gasteiger partial charge in [-0.05, 0) is 24.3 Å². The first-order chi connectivity index (χ1) is 14.2. The lowest BCUT2D eigenvalue weighted by atomic mass is 10.3. The molecular formula is C18H14N2O10. The van der Waals surface area contributed by atoms with Gasteiger partial charge in [-0.3, -0.25) is 29.8 Å². The maximum absolute atomic E-state index is 11.7. The van der Waals surface area contributed by atoms with Crippen molar-refractivity contribution < 1.29 is 38.4 Å². The van der Waals surface area contributed by atoms with Gasteiger partial charge in [0.25, 0.3) is 11.4 Å². The average Bonchev–Trinajstić information content (AvgIpc) is 2.71. The molecule has 2 aromatic carbocycles. The first-order valence-corrected chi connectivity index (χ1v) is 8.30. The second-order valence-corrected chi connectivity index (χ2v) is 5.61. The predicted octanol–water partition coefficient (Wildman–Crippen LogP) is 2.34. The van der Waals surface area contributed by atoms with Gasteiger partial charge in [-0.25, -0.2) is 4.79 Å². The zero-order chi connectivity index (χ0) is 22.1. The van der Waals surface area contributed by atoms with Crippen molar-refractivity contribution >= 4 is 29.3 Å². The summed E-state index contributed by atoms with van der Waals surface area (Å²) in [5, 5.41) is 21.1. The topological polar surface area (TPSA) is 165 Å². The number of carbonyl (C=O) groups is 3. The molecule has 0 aliphatic carbocycles. The Morgan fingerprint density at radius 2 is 1.07 bits per heavy atom. The highest BCUT2D eigenvalue weighted by Crippen LogP contribution is 2.18. The number of ether oxygens (including phenoxy) is 3. The second kappa shape index (κ2) is 10.3. The Hall–Kier alpha value is -4.35. The molecular weight excluding hydrogens is 404 g/mol. The average molecular weight is 418 g/mol. The lowest BCUT2D eigenvalue weighted by Gasteiger charge is -2.06. The minimum atomic E-state index is -0.911.